The summed E-state index contributed by atoms with van der Waals surface area (Å²) in [6.45, 7) is 6.73. The monoisotopic (exact) mass is 166 g/mol. The highest BCUT2D eigenvalue weighted by molar-refractivity contribution is 5.95. The van der Waals surface area contributed by atoms with E-state index in [4.69, 9.17) is 5.73 Å². The average Bonchev–Trinajstić information content (AvgIpc) is 2.25. The summed E-state index contributed by atoms with van der Waals surface area (Å²) in [5.74, 6) is -0.336. The van der Waals surface area contributed by atoms with Crippen LogP contribution < -0.4 is 5.73 Å². The molecule has 3 heteroatoms. The van der Waals surface area contributed by atoms with Crippen molar-refractivity contribution >= 4 is 5.91 Å². The van der Waals surface area contributed by atoms with E-state index in [1.807, 2.05) is 31.5 Å². The van der Waals surface area contributed by atoms with Crippen LogP contribution in [0.25, 0.3) is 0 Å². The average molecular weight is 166 g/mol. The van der Waals surface area contributed by atoms with Gasteiger partial charge in [-0.05, 0) is 26.3 Å². The number of aromatic nitrogens is 1. The Morgan fingerprint density at radius 1 is 1.58 bits per heavy atom. The zero-order valence-corrected chi connectivity index (χ0v) is 7.72. The zero-order valence-electron chi connectivity index (χ0n) is 7.72. The second kappa shape index (κ2) is 3.01. The van der Waals surface area contributed by atoms with Crippen molar-refractivity contribution in [3.8, 4) is 0 Å². The van der Waals surface area contributed by atoms with Crippen molar-refractivity contribution in [3.05, 3.63) is 23.0 Å². The van der Waals surface area contributed by atoms with E-state index >= 15 is 0 Å². The molecule has 0 aromatic carbocycles. The minimum atomic E-state index is -0.336. The summed E-state index contributed by atoms with van der Waals surface area (Å²) in [5.41, 5.74) is 7.82. The lowest BCUT2D eigenvalue weighted by molar-refractivity contribution is 0.0999. The molecule has 0 saturated carbocycles. The van der Waals surface area contributed by atoms with Crippen molar-refractivity contribution in [3.63, 3.8) is 0 Å². The van der Waals surface area contributed by atoms with Gasteiger partial charge in [0.1, 0.15) is 0 Å². The molecule has 12 heavy (non-hydrogen) atoms. The Kier molecular flexibility index (Phi) is 2.22. The van der Waals surface area contributed by atoms with Crippen LogP contribution in [0.4, 0.5) is 0 Å². The van der Waals surface area contributed by atoms with Crippen LogP contribution in [0.5, 0.6) is 0 Å². The highest BCUT2D eigenvalue weighted by atomic mass is 16.1. The number of primary amides is 1. The van der Waals surface area contributed by atoms with Gasteiger partial charge in [-0.1, -0.05) is 0 Å². The number of hydrogen-bond acceptors (Lipinski definition) is 1. The SMILES string of the molecule is CCn1cc(C)c(C(N)=O)c1C. The van der Waals surface area contributed by atoms with E-state index in [0.717, 1.165) is 17.8 Å². The first kappa shape index (κ1) is 8.84. The van der Waals surface area contributed by atoms with E-state index in [2.05, 4.69) is 0 Å². The van der Waals surface area contributed by atoms with Gasteiger partial charge in [-0.3, -0.25) is 4.79 Å². The van der Waals surface area contributed by atoms with Crippen LogP contribution in [0.1, 0.15) is 28.5 Å². The van der Waals surface area contributed by atoms with Crippen LogP contribution in [-0.2, 0) is 6.54 Å². The fraction of sp³-hybridized carbons (Fsp3) is 0.444. The maximum Gasteiger partial charge on any atom is 0.250 e. The standard InChI is InChI=1S/C9H14N2O/c1-4-11-5-6(2)8(7(11)3)9(10)12/h5H,4H2,1-3H3,(H2,10,12). The van der Waals surface area contributed by atoms with Crippen molar-refractivity contribution in [2.24, 2.45) is 5.73 Å². The Hall–Kier alpha value is -1.25. The van der Waals surface area contributed by atoms with Crippen molar-refractivity contribution < 1.29 is 4.79 Å². The first-order valence-corrected chi connectivity index (χ1v) is 4.04. The molecule has 0 fully saturated rings. The molecule has 0 atom stereocenters. The highest BCUT2D eigenvalue weighted by Gasteiger charge is 2.12. The largest absolute Gasteiger partial charge is 0.366 e. The molecule has 0 aliphatic rings. The molecule has 1 rings (SSSR count). The van der Waals surface area contributed by atoms with Gasteiger partial charge in [0, 0.05) is 18.4 Å². The quantitative estimate of drug-likeness (QED) is 0.705. The number of hydrogen-bond donors (Lipinski definition) is 1. The Morgan fingerprint density at radius 2 is 2.17 bits per heavy atom. The van der Waals surface area contributed by atoms with E-state index in [-0.39, 0.29) is 5.91 Å². The van der Waals surface area contributed by atoms with Gasteiger partial charge in [-0.15, -0.1) is 0 Å². The number of nitrogens with zero attached hydrogens (tertiary/aromatic N) is 1. The highest BCUT2D eigenvalue weighted by Crippen LogP contribution is 2.14. The zero-order chi connectivity index (χ0) is 9.30. The van der Waals surface area contributed by atoms with Crippen molar-refractivity contribution in [1.29, 1.82) is 0 Å². The molecule has 1 amide bonds. The van der Waals surface area contributed by atoms with Crippen molar-refractivity contribution in [2.45, 2.75) is 27.3 Å². The predicted molar refractivity (Wildman–Crippen MR) is 48.1 cm³/mol. The molecule has 3 nitrogen and oxygen atoms in total. The molecular formula is C9H14N2O. The molecule has 0 unspecified atom stereocenters. The molecular weight excluding hydrogens is 152 g/mol. The maximum absolute atomic E-state index is 11.0. The molecule has 0 saturated heterocycles. The van der Waals surface area contributed by atoms with Crippen LogP contribution in [0, 0.1) is 13.8 Å². The summed E-state index contributed by atoms with van der Waals surface area (Å²) in [7, 11) is 0. The first-order chi connectivity index (χ1) is 5.57. The fourth-order valence-electron chi connectivity index (χ4n) is 1.53. The van der Waals surface area contributed by atoms with Gasteiger partial charge >= 0.3 is 0 Å². The molecule has 1 aromatic heterocycles. The van der Waals surface area contributed by atoms with Crippen molar-refractivity contribution in [1.82, 2.24) is 4.57 Å². The third-order valence-electron chi connectivity index (χ3n) is 2.12. The number of carbonyl (C=O) groups excluding carboxylic acids is 1. The van der Waals surface area contributed by atoms with E-state index in [0.29, 0.717) is 5.56 Å². The van der Waals surface area contributed by atoms with E-state index in [9.17, 15) is 4.79 Å². The van der Waals surface area contributed by atoms with Gasteiger partial charge in [0.25, 0.3) is 5.91 Å². The summed E-state index contributed by atoms with van der Waals surface area (Å²) in [6, 6.07) is 0. The van der Waals surface area contributed by atoms with Gasteiger partial charge in [0.15, 0.2) is 0 Å². The summed E-state index contributed by atoms with van der Waals surface area (Å²) in [6.07, 6.45) is 1.95. The predicted octanol–water partition coefficient (Wildman–Crippen LogP) is 1.22. The number of carbonyl (C=O) groups is 1. The topological polar surface area (TPSA) is 48.0 Å². The molecule has 1 aromatic rings. The summed E-state index contributed by atoms with van der Waals surface area (Å²) < 4.78 is 2.02. The molecule has 0 aliphatic heterocycles. The first-order valence-electron chi connectivity index (χ1n) is 4.04. The van der Waals surface area contributed by atoms with Gasteiger partial charge in [0.2, 0.25) is 0 Å². The van der Waals surface area contributed by atoms with Crippen molar-refractivity contribution in [2.75, 3.05) is 0 Å². The van der Waals surface area contributed by atoms with Crippen LogP contribution in [0.3, 0.4) is 0 Å². The smallest absolute Gasteiger partial charge is 0.250 e. The minimum absolute atomic E-state index is 0.336. The molecule has 66 valence electrons. The van der Waals surface area contributed by atoms with Crippen LogP contribution >= 0.6 is 0 Å². The van der Waals surface area contributed by atoms with Crippen LogP contribution in [-0.4, -0.2) is 10.5 Å². The molecule has 0 spiro atoms. The molecule has 0 bridgehead atoms. The second-order valence-corrected chi connectivity index (χ2v) is 2.92. The van der Waals surface area contributed by atoms with E-state index in [1.54, 1.807) is 0 Å². The summed E-state index contributed by atoms with van der Waals surface area (Å²) >= 11 is 0. The van der Waals surface area contributed by atoms with Gasteiger partial charge in [0.05, 0.1) is 5.56 Å². The molecule has 0 aliphatic carbocycles. The second-order valence-electron chi connectivity index (χ2n) is 2.92. The van der Waals surface area contributed by atoms with E-state index in [1.165, 1.54) is 0 Å². The summed E-state index contributed by atoms with van der Waals surface area (Å²) in [4.78, 5) is 11.0. The Labute approximate surface area is 72.2 Å². The Balaban J connectivity index is 3.28. The minimum Gasteiger partial charge on any atom is -0.366 e. The number of amides is 1. The number of nitrogens with two attached hydrogens (primary N) is 1. The van der Waals surface area contributed by atoms with Crippen LogP contribution in [0.2, 0.25) is 0 Å². The third-order valence-corrected chi connectivity index (χ3v) is 2.12. The van der Waals surface area contributed by atoms with Gasteiger partial charge in [-0.2, -0.15) is 0 Å². The maximum atomic E-state index is 11.0. The van der Waals surface area contributed by atoms with Gasteiger partial charge < -0.3 is 10.3 Å². The molecule has 1 heterocycles. The summed E-state index contributed by atoms with van der Waals surface area (Å²) in [5, 5.41) is 0. The van der Waals surface area contributed by atoms with Gasteiger partial charge in [-0.25, -0.2) is 0 Å². The number of rotatable bonds is 2. The lowest BCUT2D eigenvalue weighted by Crippen LogP contribution is -2.13. The molecule has 0 radical (unpaired) electrons. The lowest BCUT2D eigenvalue weighted by atomic mass is 10.1. The lowest BCUT2D eigenvalue weighted by Gasteiger charge is -2.00. The Bertz CT molecular complexity index is 313. The Morgan fingerprint density at radius 3 is 2.42 bits per heavy atom. The molecule has 2 N–H and O–H groups in total. The normalized spacial score (nSPS) is 10.2. The van der Waals surface area contributed by atoms with E-state index < -0.39 is 0 Å². The van der Waals surface area contributed by atoms with Crippen LogP contribution in [0.15, 0.2) is 6.20 Å². The third kappa shape index (κ3) is 1.22. The fourth-order valence-corrected chi connectivity index (χ4v) is 1.53. The number of aryl methyl sites for hydroxylation is 2.